The van der Waals surface area contributed by atoms with Gasteiger partial charge in [0.15, 0.2) is 10.8 Å². The number of rotatable bonds is 4. The van der Waals surface area contributed by atoms with Crippen LogP contribution >= 0.6 is 19.4 Å². The van der Waals surface area contributed by atoms with Gasteiger partial charge in [0.2, 0.25) is 0 Å². The molecule has 2 N–H and O–H groups in total. The zero-order chi connectivity index (χ0) is 19.1. The molecule has 3 aromatic rings. The number of halogens is 1. The number of aromatic nitrogens is 4. The summed E-state index contributed by atoms with van der Waals surface area (Å²) in [5.74, 6) is 0.469. The highest BCUT2D eigenvalue weighted by atomic mass is 35.5. The zero-order valence-electron chi connectivity index (χ0n) is 14.4. The third kappa shape index (κ3) is 4.04. The summed E-state index contributed by atoms with van der Waals surface area (Å²) in [4.78, 5) is 31.2. The first kappa shape index (κ1) is 18.8. The Hall–Kier alpha value is -1.99. The fourth-order valence-electron chi connectivity index (χ4n) is 2.60. The molecule has 2 aromatic heterocycles. The lowest BCUT2D eigenvalue weighted by molar-refractivity contribution is 0.283. The van der Waals surface area contributed by atoms with Crippen LogP contribution in [0.5, 0.6) is 5.75 Å². The summed E-state index contributed by atoms with van der Waals surface area (Å²) in [5, 5.41) is 0.206. The maximum Gasteiger partial charge on any atom is 0.524 e. The van der Waals surface area contributed by atoms with Gasteiger partial charge in [0, 0.05) is 6.54 Å². The van der Waals surface area contributed by atoms with Crippen LogP contribution in [0.4, 0.5) is 0 Å². The molecule has 0 aliphatic heterocycles. The van der Waals surface area contributed by atoms with E-state index in [9.17, 15) is 14.4 Å². The van der Waals surface area contributed by atoms with Gasteiger partial charge in [-0.25, -0.2) is 19.5 Å². The lowest BCUT2D eigenvalue weighted by atomic mass is 9.96. The minimum Gasteiger partial charge on any atom is -0.403 e. The highest BCUT2D eigenvalue weighted by Gasteiger charge is 2.25. The molecule has 0 amide bonds. The van der Waals surface area contributed by atoms with Crippen LogP contribution < -0.4 is 4.52 Å². The fourth-order valence-corrected chi connectivity index (χ4v) is 3.18. The highest BCUT2D eigenvalue weighted by Crippen LogP contribution is 2.42. The predicted octanol–water partition coefficient (Wildman–Crippen LogP) is 3.66. The first-order chi connectivity index (χ1) is 12.1. The molecule has 0 aliphatic rings. The Morgan fingerprint density at radius 1 is 1.23 bits per heavy atom. The number of imidazole rings is 1. The van der Waals surface area contributed by atoms with Crippen LogP contribution in [-0.4, -0.2) is 29.3 Å². The zero-order valence-corrected chi connectivity index (χ0v) is 16.1. The van der Waals surface area contributed by atoms with E-state index >= 15 is 0 Å². The van der Waals surface area contributed by atoms with Crippen LogP contribution in [0.25, 0.3) is 22.6 Å². The van der Waals surface area contributed by atoms with E-state index in [-0.39, 0.29) is 16.3 Å². The largest absolute Gasteiger partial charge is 0.524 e. The number of hydrogen-bond donors (Lipinski definition) is 2. The monoisotopic (exact) mass is 396 g/mol. The van der Waals surface area contributed by atoms with E-state index in [0.717, 1.165) is 0 Å². The quantitative estimate of drug-likeness (QED) is 0.511. The van der Waals surface area contributed by atoms with Gasteiger partial charge in [-0.3, -0.25) is 9.79 Å². The topological polar surface area (TPSA) is 110 Å². The molecule has 2 heterocycles. The van der Waals surface area contributed by atoms with E-state index in [0.29, 0.717) is 29.1 Å². The molecule has 26 heavy (non-hydrogen) atoms. The third-order valence-corrected chi connectivity index (χ3v) is 4.18. The number of phosphoric ester groups is 1. The van der Waals surface area contributed by atoms with Gasteiger partial charge >= 0.3 is 7.82 Å². The lowest BCUT2D eigenvalue weighted by Crippen LogP contribution is -2.16. The molecular formula is C16H18ClN4O4P. The molecule has 0 aliphatic carbocycles. The molecule has 0 bridgehead atoms. The van der Waals surface area contributed by atoms with E-state index in [1.54, 1.807) is 18.2 Å². The van der Waals surface area contributed by atoms with Gasteiger partial charge in [-0.05, 0) is 17.5 Å². The average Bonchev–Trinajstić information content (AvgIpc) is 2.85. The summed E-state index contributed by atoms with van der Waals surface area (Å²) in [6.45, 7) is 6.73. The summed E-state index contributed by atoms with van der Waals surface area (Å²) in [7, 11) is -4.73. The molecule has 0 spiro atoms. The van der Waals surface area contributed by atoms with Crippen molar-refractivity contribution in [2.45, 2.75) is 27.3 Å². The molecule has 0 unspecified atom stereocenters. The standard InChI is InChI=1S/C16H18ClN4O4P/c1-16(2,3)8-21-14(20-12-13(17)18-9-19-15(12)21)10-6-4-5-7-11(10)25-26(22,23)24/h4-7,9H,8H2,1-3H3,(H2,22,23,24). The number of phosphoric acid groups is 1. The lowest BCUT2D eigenvalue weighted by Gasteiger charge is -2.21. The summed E-state index contributed by atoms with van der Waals surface area (Å²) >= 11 is 6.16. The van der Waals surface area contributed by atoms with Gasteiger partial charge in [0.25, 0.3) is 0 Å². The molecule has 1 aromatic carbocycles. The van der Waals surface area contributed by atoms with Crippen LogP contribution in [0.15, 0.2) is 30.6 Å². The fraction of sp³-hybridized carbons (Fsp3) is 0.312. The molecule has 8 nitrogen and oxygen atoms in total. The van der Waals surface area contributed by atoms with Gasteiger partial charge in [0.1, 0.15) is 23.4 Å². The third-order valence-electron chi connectivity index (χ3n) is 3.47. The van der Waals surface area contributed by atoms with E-state index in [1.165, 1.54) is 12.4 Å². The van der Waals surface area contributed by atoms with Crippen LogP contribution in [0.3, 0.4) is 0 Å². The Labute approximate surface area is 155 Å². The number of nitrogens with zero attached hydrogens (tertiary/aromatic N) is 4. The van der Waals surface area contributed by atoms with Crippen molar-refractivity contribution in [3.8, 4) is 17.1 Å². The van der Waals surface area contributed by atoms with E-state index in [2.05, 4.69) is 35.7 Å². The molecule has 0 saturated heterocycles. The van der Waals surface area contributed by atoms with Crippen LogP contribution in [0, 0.1) is 5.41 Å². The van der Waals surface area contributed by atoms with Crippen LogP contribution in [0.2, 0.25) is 5.15 Å². The number of benzene rings is 1. The number of para-hydroxylation sites is 1. The molecule has 0 fully saturated rings. The molecule has 0 saturated carbocycles. The second-order valence-electron chi connectivity index (χ2n) is 7.00. The predicted molar refractivity (Wildman–Crippen MR) is 97.9 cm³/mol. The average molecular weight is 397 g/mol. The van der Waals surface area contributed by atoms with E-state index in [1.807, 2.05) is 4.57 Å². The van der Waals surface area contributed by atoms with Crippen molar-refractivity contribution in [1.29, 1.82) is 0 Å². The Kier molecular flexibility index (Phi) is 4.79. The van der Waals surface area contributed by atoms with Gasteiger partial charge in [-0.1, -0.05) is 44.5 Å². The normalized spacial score (nSPS) is 12.5. The maximum absolute atomic E-state index is 11.3. The Morgan fingerprint density at radius 3 is 2.58 bits per heavy atom. The summed E-state index contributed by atoms with van der Waals surface area (Å²) < 4.78 is 18.0. The maximum atomic E-state index is 11.3. The Balaban J connectivity index is 2.27. The number of fused-ring (bicyclic) bond motifs is 1. The van der Waals surface area contributed by atoms with Gasteiger partial charge in [0.05, 0.1) is 5.56 Å². The van der Waals surface area contributed by atoms with E-state index in [4.69, 9.17) is 16.1 Å². The highest BCUT2D eigenvalue weighted by molar-refractivity contribution is 7.46. The van der Waals surface area contributed by atoms with E-state index < -0.39 is 7.82 Å². The van der Waals surface area contributed by atoms with Crippen LogP contribution in [0.1, 0.15) is 20.8 Å². The SMILES string of the molecule is CC(C)(C)Cn1c(-c2ccccc2OP(=O)(O)O)nc2c(Cl)ncnc21. The second-order valence-corrected chi connectivity index (χ2v) is 8.52. The second kappa shape index (κ2) is 6.63. The summed E-state index contributed by atoms with van der Waals surface area (Å²) in [6.07, 6.45) is 1.35. The summed E-state index contributed by atoms with van der Waals surface area (Å²) in [6, 6.07) is 6.50. The van der Waals surface area contributed by atoms with Crippen molar-refractivity contribution < 1.29 is 18.9 Å². The number of hydrogen-bond acceptors (Lipinski definition) is 5. The van der Waals surface area contributed by atoms with Crippen molar-refractivity contribution in [3.05, 3.63) is 35.7 Å². The van der Waals surface area contributed by atoms with Gasteiger partial charge < -0.3 is 9.09 Å². The van der Waals surface area contributed by atoms with Crippen molar-refractivity contribution in [1.82, 2.24) is 19.5 Å². The minimum absolute atomic E-state index is 0.0235. The first-order valence-electron chi connectivity index (χ1n) is 7.76. The van der Waals surface area contributed by atoms with Crippen molar-refractivity contribution in [3.63, 3.8) is 0 Å². The molecule has 138 valence electrons. The summed E-state index contributed by atoms with van der Waals surface area (Å²) in [5.41, 5.74) is 1.27. The van der Waals surface area contributed by atoms with Crippen molar-refractivity contribution >= 4 is 30.6 Å². The molecular weight excluding hydrogens is 379 g/mol. The first-order valence-corrected chi connectivity index (χ1v) is 9.67. The Bertz CT molecular complexity index is 1010. The molecule has 3 rings (SSSR count). The molecule has 0 atom stereocenters. The van der Waals surface area contributed by atoms with Crippen LogP contribution in [-0.2, 0) is 11.1 Å². The minimum atomic E-state index is -4.73. The van der Waals surface area contributed by atoms with Crippen molar-refractivity contribution in [2.24, 2.45) is 5.41 Å². The molecule has 0 radical (unpaired) electrons. The van der Waals surface area contributed by atoms with Crippen molar-refractivity contribution in [2.75, 3.05) is 0 Å². The van der Waals surface area contributed by atoms with Gasteiger partial charge in [-0.15, -0.1) is 0 Å². The van der Waals surface area contributed by atoms with Gasteiger partial charge in [-0.2, -0.15) is 0 Å². The molecule has 10 heteroatoms. The Morgan fingerprint density at radius 2 is 1.92 bits per heavy atom. The smallest absolute Gasteiger partial charge is 0.403 e.